The fourth-order valence-corrected chi connectivity index (χ4v) is 2.62. The van der Waals surface area contributed by atoms with Crippen molar-refractivity contribution < 1.29 is 9.21 Å². The lowest BCUT2D eigenvalue weighted by atomic mass is 10.2. The van der Waals surface area contributed by atoms with Gasteiger partial charge in [-0.3, -0.25) is 9.36 Å². The molecule has 6 heteroatoms. The highest BCUT2D eigenvalue weighted by Gasteiger charge is 2.12. The van der Waals surface area contributed by atoms with E-state index in [-0.39, 0.29) is 12.5 Å². The number of fused-ring (bicyclic) bond motifs is 1. The van der Waals surface area contributed by atoms with Gasteiger partial charge in [-0.15, -0.1) is 0 Å². The van der Waals surface area contributed by atoms with E-state index in [9.17, 15) is 9.59 Å². The zero-order valence-electron chi connectivity index (χ0n) is 11.6. The first kappa shape index (κ1) is 14.6. The minimum Gasteiger partial charge on any atom is -0.408 e. The van der Waals surface area contributed by atoms with Gasteiger partial charge in [0.25, 0.3) is 0 Å². The van der Waals surface area contributed by atoms with E-state index in [1.165, 1.54) is 4.57 Å². The maximum atomic E-state index is 12.1. The molecule has 1 N–H and O–H groups in total. The Kier molecular flexibility index (Phi) is 4.11. The highest BCUT2D eigenvalue weighted by atomic mass is 79.9. The summed E-state index contributed by atoms with van der Waals surface area (Å²) in [6, 6.07) is 14.7. The number of hydrogen-bond donors (Lipinski definition) is 1. The van der Waals surface area contributed by atoms with Crippen molar-refractivity contribution in [3.8, 4) is 0 Å². The van der Waals surface area contributed by atoms with Gasteiger partial charge in [0.1, 0.15) is 6.54 Å². The molecule has 0 saturated carbocycles. The Balaban J connectivity index is 1.73. The minimum absolute atomic E-state index is 0.0691. The molecule has 0 aliphatic heterocycles. The van der Waals surface area contributed by atoms with Gasteiger partial charge in [-0.2, -0.15) is 0 Å². The molecule has 0 unspecified atom stereocenters. The lowest BCUT2D eigenvalue weighted by molar-refractivity contribution is -0.121. The second-order valence-electron chi connectivity index (χ2n) is 4.79. The number of rotatable bonds is 4. The summed E-state index contributed by atoms with van der Waals surface area (Å²) in [7, 11) is 0. The number of halogens is 1. The Labute approximate surface area is 134 Å². The van der Waals surface area contributed by atoms with Gasteiger partial charge >= 0.3 is 5.76 Å². The van der Waals surface area contributed by atoms with E-state index in [2.05, 4.69) is 21.2 Å². The summed E-state index contributed by atoms with van der Waals surface area (Å²) in [6.45, 7) is 0.324. The van der Waals surface area contributed by atoms with Crippen LogP contribution in [0.3, 0.4) is 0 Å². The molecule has 0 saturated heterocycles. The van der Waals surface area contributed by atoms with Crippen LogP contribution in [0.4, 0.5) is 0 Å². The molecule has 0 aliphatic carbocycles. The molecule has 0 atom stereocenters. The van der Waals surface area contributed by atoms with Crippen molar-refractivity contribution >= 4 is 32.9 Å². The van der Waals surface area contributed by atoms with Crippen molar-refractivity contribution in [2.24, 2.45) is 0 Å². The lowest BCUT2D eigenvalue weighted by Gasteiger charge is -2.07. The van der Waals surface area contributed by atoms with E-state index in [4.69, 9.17) is 4.42 Å². The quantitative estimate of drug-likeness (QED) is 0.777. The van der Waals surface area contributed by atoms with Crippen molar-refractivity contribution in [1.82, 2.24) is 9.88 Å². The van der Waals surface area contributed by atoms with Crippen molar-refractivity contribution in [1.29, 1.82) is 0 Å². The molecule has 1 heterocycles. The average molecular weight is 361 g/mol. The van der Waals surface area contributed by atoms with Crippen molar-refractivity contribution in [2.45, 2.75) is 13.1 Å². The summed E-state index contributed by atoms with van der Waals surface area (Å²) in [5.41, 5.74) is 2.06. The van der Waals surface area contributed by atoms with Gasteiger partial charge in [-0.25, -0.2) is 4.79 Å². The highest BCUT2D eigenvalue weighted by Crippen LogP contribution is 2.15. The fourth-order valence-electron chi connectivity index (χ4n) is 2.20. The number of benzene rings is 2. The third kappa shape index (κ3) is 2.96. The fraction of sp³-hybridized carbons (Fsp3) is 0.125. The Morgan fingerprint density at radius 3 is 2.68 bits per heavy atom. The van der Waals surface area contributed by atoms with Crippen LogP contribution in [0.25, 0.3) is 11.1 Å². The lowest BCUT2D eigenvalue weighted by Crippen LogP contribution is -2.30. The predicted octanol–water partition coefficient (Wildman–Crippen LogP) is 2.67. The highest BCUT2D eigenvalue weighted by molar-refractivity contribution is 9.10. The van der Waals surface area contributed by atoms with Gasteiger partial charge in [-0.05, 0) is 23.8 Å². The first-order valence-electron chi connectivity index (χ1n) is 6.73. The molecule has 1 amide bonds. The Morgan fingerprint density at radius 1 is 1.14 bits per heavy atom. The maximum Gasteiger partial charge on any atom is 0.420 e. The Morgan fingerprint density at radius 2 is 1.86 bits per heavy atom. The maximum absolute atomic E-state index is 12.1. The minimum atomic E-state index is -0.530. The molecule has 5 nitrogen and oxygen atoms in total. The van der Waals surface area contributed by atoms with Crippen LogP contribution in [0.2, 0.25) is 0 Å². The zero-order valence-corrected chi connectivity index (χ0v) is 13.2. The molecule has 0 spiro atoms. The van der Waals surface area contributed by atoms with Crippen LogP contribution in [0.5, 0.6) is 0 Å². The number of aromatic nitrogens is 1. The number of carbonyl (C=O) groups excluding carboxylic acids is 1. The van der Waals surface area contributed by atoms with Crippen LogP contribution in [0.1, 0.15) is 5.56 Å². The normalized spacial score (nSPS) is 10.8. The number of oxazole rings is 1. The van der Waals surface area contributed by atoms with Crippen LogP contribution >= 0.6 is 15.9 Å². The van der Waals surface area contributed by atoms with Gasteiger partial charge in [0, 0.05) is 11.0 Å². The monoisotopic (exact) mass is 360 g/mol. The summed E-state index contributed by atoms with van der Waals surface area (Å²) in [6.07, 6.45) is 0. The standard InChI is InChI=1S/C16H13BrN2O3/c17-12-6-2-1-5-11(12)9-18-15(20)10-19-13-7-3-4-8-14(13)22-16(19)21/h1-8H,9-10H2,(H,18,20). The molecule has 1 aromatic heterocycles. The van der Waals surface area contributed by atoms with E-state index in [1.807, 2.05) is 24.3 Å². The van der Waals surface area contributed by atoms with Crippen LogP contribution in [0.15, 0.2) is 62.2 Å². The largest absolute Gasteiger partial charge is 0.420 e. The second kappa shape index (κ2) is 6.19. The molecule has 2 aromatic carbocycles. The zero-order chi connectivity index (χ0) is 15.5. The molecule has 0 radical (unpaired) electrons. The SMILES string of the molecule is O=C(Cn1c(=O)oc2ccccc21)NCc1ccccc1Br. The van der Waals surface area contributed by atoms with Crippen molar-refractivity contribution in [2.75, 3.05) is 0 Å². The average Bonchev–Trinajstić information content (AvgIpc) is 2.83. The molecular formula is C16H13BrN2O3. The smallest absolute Gasteiger partial charge is 0.408 e. The van der Waals surface area contributed by atoms with E-state index in [0.717, 1.165) is 10.0 Å². The molecule has 22 heavy (non-hydrogen) atoms. The topological polar surface area (TPSA) is 64.2 Å². The second-order valence-corrected chi connectivity index (χ2v) is 5.64. The third-order valence-corrected chi connectivity index (χ3v) is 4.08. The van der Waals surface area contributed by atoms with E-state index < -0.39 is 5.76 Å². The Bertz CT molecular complexity index is 882. The Hall–Kier alpha value is -2.34. The first-order chi connectivity index (χ1) is 10.6. The molecule has 0 aliphatic rings. The van der Waals surface area contributed by atoms with Crippen LogP contribution in [0, 0.1) is 0 Å². The molecule has 112 valence electrons. The van der Waals surface area contributed by atoms with E-state index >= 15 is 0 Å². The summed E-state index contributed by atoms with van der Waals surface area (Å²) in [5, 5.41) is 2.80. The summed E-state index contributed by atoms with van der Waals surface area (Å²) >= 11 is 3.43. The van der Waals surface area contributed by atoms with Gasteiger partial charge in [-0.1, -0.05) is 46.3 Å². The summed E-state index contributed by atoms with van der Waals surface area (Å²) in [4.78, 5) is 23.9. The van der Waals surface area contributed by atoms with Crippen molar-refractivity contribution in [3.05, 3.63) is 69.1 Å². The van der Waals surface area contributed by atoms with Crippen LogP contribution in [-0.4, -0.2) is 10.5 Å². The van der Waals surface area contributed by atoms with Gasteiger partial charge in [0.05, 0.1) is 5.52 Å². The molecule has 3 rings (SSSR count). The summed E-state index contributed by atoms with van der Waals surface area (Å²) in [5.74, 6) is -0.776. The number of nitrogens with one attached hydrogen (secondary N) is 1. The van der Waals surface area contributed by atoms with Crippen LogP contribution in [-0.2, 0) is 17.9 Å². The van der Waals surface area contributed by atoms with Crippen LogP contribution < -0.4 is 11.1 Å². The molecule has 0 bridgehead atoms. The van der Waals surface area contributed by atoms with Gasteiger partial charge in [0.15, 0.2) is 5.58 Å². The molecule has 3 aromatic rings. The number of hydrogen-bond acceptors (Lipinski definition) is 3. The number of amides is 1. The third-order valence-electron chi connectivity index (χ3n) is 3.31. The van der Waals surface area contributed by atoms with E-state index in [0.29, 0.717) is 17.6 Å². The first-order valence-corrected chi connectivity index (χ1v) is 7.53. The van der Waals surface area contributed by atoms with Crippen molar-refractivity contribution in [3.63, 3.8) is 0 Å². The summed E-state index contributed by atoms with van der Waals surface area (Å²) < 4.78 is 7.36. The molecular weight excluding hydrogens is 348 g/mol. The predicted molar refractivity (Wildman–Crippen MR) is 86.5 cm³/mol. The van der Waals surface area contributed by atoms with E-state index in [1.54, 1.807) is 24.3 Å². The number of nitrogens with zero attached hydrogens (tertiary/aromatic N) is 1. The van der Waals surface area contributed by atoms with Gasteiger partial charge < -0.3 is 9.73 Å². The number of para-hydroxylation sites is 2. The molecule has 0 fully saturated rings. The number of carbonyl (C=O) groups is 1. The van der Waals surface area contributed by atoms with Gasteiger partial charge in [0.2, 0.25) is 5.91 Å².